The van der Waals surface area contributed by atoms with Gasteiger partial charge in [-0.25, -0.2) is 9.97 Å². The van der Waals surface area contributed by atoms with Crippen LogP contribution in [-0.2, 0) is 22.6 Å². The van der Waals surface area contributed by atoms with E-state index in [-0.39, 0.29) is 11.5 Å². The van der Waals surface area contributed by atoms with E-state index in [9.17, 15) is 4.79 Å². The lowest BCUT2D eigenvalue weighted by atomic mass is 9.90. The van der Waals surface area contributed by atoms with Gasteiger partial charge in [0.25, 0.3) is 0 Å². The van der Waals surface area contributed by atoms with Crippen molar-refractivity contribution in [2.45, 2.75) is 69.3 Å². The summed E-state index contributed by atoms with van der Waals surface area (Å²) in [6.45, 7) is 9.14. The van der Waals surface area contributed by atoms with Crippen LogP contribution in [0.1, 0.15) is 49.6 Å². The third-order valence-corrected chi connectivity index (χ3v) is 8.74. The van der Waals surface area contributed by atoms with Crippen LogP contribution in [0.15, 0.2) is 34.4 Å². The first-order valence-corrected chi connectivity index (χ1v) is 13.8. The fourth-order valence-electron chi connectivity index (χ4n) is 3.66. The molecule has 32 heavy (non-hydrogen) atoms. The topological polar surface area (TPSA) is 64.1 Å². The molecule has 0 saturated heterocycles. The SMILES string of the molecule is CCCSc1nc(SCC(=O)Nc2cccc(C)c2)c2c3c(sc2n1)CO[C@](C)(CC)C3. The summed E-state index contributed by atoms with van der Waals surface area (Å²) in [5.74, 6) is 1.26. The van der Waals surface area contributed by atoms with Crippen LogP contribution < -0.4 is 5.32 Å². The number of nitrogens with one attached hydrogen (secondary N) is 1. The maximum Gasteiger partial charge on any atom is 0.234 e. The molecule has 0 fully saturated rings. The molecule has 0 bridgehead atoms. The molecule has 0 radical (unpaired) electrons. The average Bonchev–Trinajstić information content (AvgIpc) is 3.13. The van der Waals surface area contributed by atoms with E-state index in [4.69, 9.17) is 14.7 Å². The monoisotopic (exact) mass is 487 g/mol. The fraction of sp³-hybridized carbons (Fsp3) is 0.458. The molecule has 5 nitrogen and oxygen atoms in total. The Morgan fingerprint density at radius 2 is 2.12 bits per heavy atom. The Morgan fingerprint density at radius 3 is 2.88 bits per heavy atom. The minimum atomic E-state index is -0.166. The molecular formula is C24H29N3O2S3. The average molecular weight is 488 g/mol. The van der Waals surface area contributed by atoms with Crippen molar-refractivity contribution in [2.24, 2.45) is 0 Å². The zero-order chi connectivity index (χ0) is 22.7. The van der Waals surface area contributed by atoms with E-state index in [1.54, 1.807) is 23.1 Å². The van der Waals surface area contributed by atoms with Crippen LogP contribution in [0, 0.1) is 6.92 Å². The smallest absolute Gasteiger partial charge is 0.234 e. The number of aryl methyl sites for hydroxylation is 1. The minimum absolute atomic E-state index is 0.0269. The van der Waals surface area contributed by atoms with Gasteiger partial charge in [0.1, 0.15) is 9.86 Å². The number of fused-ring (bicyclic) bond motifs is 3. The third-order valence-electron chi connectivity index (χ3n) is 5.61. The highest BCUT2D eigenvalue weighted by molar-refractivity contribution is 8.00. The lowest BCUT2D eigenvalue weighted by molar-refractivity contribution is -0.113. The lowest BCUT2D eigenvalue weighted by Gasteiger charge is -2.33. The largest absolute Gasteiger partial charge is 0.369 e. The number of aromatic nitrogens is 2. The van der Waals surface area contributed by atoms with E-state index in [0.29, 0.717) is 12.4 Å². The number of amides is 1. The number of thioether (sulfide) groups is 2. The van der Waals surface area contributed by atoms with Crippen LogP contribution in [0.4, 0.5) is 5.69 Å². The van der Waals surface area contributed by atoms with E-state index in [1.165, 1.54) is 22.2 Å². The second-order valence-corrected chi connectivity index (χ2v) is 11.4. The van der Waals surface area contributed by atoms with Crippen molar-refractivity contribution >= 4 is 56.7 Å². The van der Waals surface area contributed by atoms with Crippen molar-refractivity contribution < 1.29 is 9.53 Å². The van der Waals surface area contributed by atoms with Gasteiger partial charge in [-0.05, 0) is 49.9 Å². The quantitative estimate of drug-likeness (QED) is 0.223. The van der Waals surface area contributed by atoms with Crippen molar-refractivity contribution in [3.63, 3.8) is 0 Å². The Labute approximate surface area is 202 Å². The van der Waals surface area contributed by atoms with Gasteiger partial charge in [-0.2, -0.15) is 0 Å². The lowest BCUT2D eigenvalue weighted by Crippen LogP contribution is -2.33. The molecule has 1 N–H and O–H groups in total. The first-order chi connectivity index (χ1) is 15.4. The summed E-state index contributed by atoms with van der Waals surface area (Å²) in [5, 5.41) is 5.81. The van der Waals surface area contributed by atoms with Gasteiger partial charge in [-0.1, -0.05) is 49.5 Å². The maximum atomic E-state index is 12.7. The summed E-state index contributed by atoms with van der Waals surface area (Å²) < 4.78 is 6.17. The Kier molecular flexibility index (Phi) is 7.44. The fourth-order valence-corrected chi connectivity index (χ4v) is 6.50. The summed E-state index contributed by atoms with van der Waals surface area (Å²) in [6.07, 6.45) is 2.88. The number of carbonyl (C=O) groups is 1. The van der Waals surface area contributed by atoms with E-state index in [2.05, 4.69) is 26.1 Å². The number of hydrogen-bond acceptors (Lipinski definition) is 7. The summed E-state index contributed by atoms with van der Waals surface area (Å²) in [5.41, 5.74) is 3.08. The van der Waals surface area contributed by atoms with Gasteiger partial charge in [0, 0.05) is 28.1 Å². The Bertz CT molecular complexity index is 1130. The normalized spacial score (nSPS) is 18.0. The number of nitrogens with zero attached hydrogens (tertiary/aromatic N) is 2. The van der Waals surface area contributed by atoms with E-state index in [0.717, 1.165) is 56.7 Å². The van der Waals surface area contributed by atoms with Crippen LogP contribution in [0.2, 0.25) is 0 Å². The van der Waals surface area contributed by atoms with Crippen LogP contribution in [0.5, 0.6) is 0 Å². The van der Waals surface area contributed by atoms with Gasteiger partial charge in [0.2, 0.25) is 5.91 Å². The van der Waals surface area contributed by atoms with Gasteiger partial charge < -0.3 is 10.1 Å². The summed E-state index contributed by atoms with van der Waals surface area (Å²) in [4.78, 5) is 24.7. The molecule has 1 aliphatic heterocycles. The highest BCUT2D eigenvalue weighted by Gasteiger charge is 2.33. The van der Waals surface area contributed by atoms with Gasteiger partial charge >= 0.3 is 0 Å². The molecule has 3 aromatic rings. The summed E-state index contributed by atoms with van der Waals surface area (Å²) >= 11 is 4.89. The Hall–Kier alpha value is -1.61. The van der Waals surface area contributed by atoms with Gasteiger partial charge in [0.15, 0.2) is 5.16 Å². The molecule has 4 rings (SSSR count). The van der Waals surface area contributed by atoms with Crippen LogP contribution >= 0.6 is 34.9 Å². The number of thiophene rings is 1. The molecule has 0 unspecified atom stereocenters. The Balaban J connectivity index is 1.62. The second-order valence-electron chi connectivity index (χ2n) is 8.32. The molecule has 0 saturated carbocycles. The first-order valence-electron chi connectivity index (χ1n) is 11.0. The predicted octanol–water partition coefficient (Wildman–Crippen LogP) is 6.47. The standard InChI is InChI=1S/C24H29N3O2S3/c1-5-10-30-23-26-21(31-14-19(28)25-16-9-7-8-15(3)11-16)20-17-12-24(4,6-2)29-13-18(17)32-22(20)27-23/h7-9,11H,5-6,10,12-14H2,1-4H3,(H,25,28)/t24-/m1/s1. The molecule has 8 heteroatoms. The van der Waals surface area contributed by atoms with Crippen LogP contribution in [0.25, 0.3) is 10.2 Å². The predicted molar refractivity (Wildman–Crippen MR) is 136 cm³/mol. The van der Waals surface area contributed by atoms with E-state index >= 15 is 0 Å². The molecule has 170 valence electrons. The van der Waals surface area contributed by atoms with Gasteiger partial charge in [-0.15, -0.1) is 11.3 Å². The zero-order valence-corrected chi connectivity index (χ0v) is 21.4. The molecule has 1 aliphatic rings. The molecule has 1 amide bonds. The highest BCUT2D eigenvalue weighted by atomic mass is 32.2. The number of rotatable bonds is 8. The second kappa shape index (κ2) is 10.1. The molecule has 1 aromatic carbocycles. The van der Waals surface area contributed by atoms with Crippen molar-refractivity contribution in [1.29, 1.82) is 0 Å². The number of anilines is 1. The van der Waals surface area contributed by atoms with Crippen molar-refractivity contribution in [3.8, 4) is 0 Å². The number of benzene rings is 1. The molecular weight excluding hydrogens is 458 g/mol. The van der Waals surface area contributed by atoms with E-state index < -0.39 is 0 Å². The molecule has 2 aromatic heterocycles. The van der Waals surface area contributed by atoms with Crippen LogP contribution in [0.3, 0.4) is 0 Å². The summed E-state index contributed by atoms with van der Waals surface area (Å²) in [7, 11) is 0. The number of carbonyl (C=O) groups excluding carboxylic acids is 1. The van der Waals surface area contributed by atoms with Gasteiger partial charge in [-0.3, -0.25) is 4.79 Å². The molecule has 3 heterocycles. The minimum Gasteiger partial charge on any atom is -0.369 e. The molecule has 0 aliphatic carbocycles. The van der Waals surface area contributed by atoms with Crippen LogP contribution in [-0.4, -0.2) is 33.0 Å². The van der Waals surface area contributed by atoms with Crippen molar-refractivity contribution in [2.75, 3.05) is 16.8 Å². The number of hydrogen-bond donors (Lipinski definition) is 1. The van der Waals surface area contributed by atoms with Crippen molar-refractivity contribution in [1.82, 2.24) is 9.97 Å². The zero-order valence-electron chi connectivity index (χ0n) is 19.0. The van der Waals surface area contributed by atoms with E-state index in [1.807, 2.05) is 31.2 Å². The Morgan fingerprint density at radius 1 is 1.28 bits per heavy atom. The number of ether oxygens (including phenoxy) is 1. The third kappa shape index (κ3) is 5.30. The first kappa shape index (κ1) is 23.5. The van der Waals surface area contributed by atoms with Gasteiger partial charge in [0.05, 0.1) is 18.0 Å². The molecule has 1 atom stereocenters. The van der Waals surface area contributed by atoms with Crippen molar-refractivity contribution in [3.05, 3.63) is 40.3 Å². The molecule has 0 spiro atoms. The summed E-state index contributed by atoms with van der Waals surface area (Å²) in [6, 6.07) is 7.86. The highest BCUT2D eigenvalue weighted by Crippen LogP contribution is 2.43. The maximum absolute atomic E-state index is 12.7.